The van der Waals surface area contributed by atoms with Gasteiger partial charge in [0.15, 0.2) is 0 Å². The van der Waals surface area contributed by atoms with Crippen LogP contribution in [0.4, 0.5) is 13.2 Å². The van der Waals surface area contributed by atoms with E-state index in [0.29, 0.717) is 24.7 Å². The molecule has 3 aromatic rings. The van der Waals surface area contributed by atoms with Gasteiger partial charge in [-0.3, -0.25) is 14.0 Å². The molecule has 2 aliphatic heterocycles. The molecule has 1 fully saturated rings. The number of piperidine rings is 1. The number of hydrogen-bond donors (Lipinski definition) is 3. The van der Waals surface area contributed by atoms with E-state index in [4.69, 9.17) is 9.90 Å². The highest BCUT2D eigenvalue weighted by molar-refractivity contribution is 5.97. The molecule has 2 aliphatic rings. The monoisotopic (exact) mass is 508 g/mol. The number of rotatable bonds is 3. The third-order valence-corrected chi connectivity index (χ3v) is 6.41. The standard InChI is InChI=1S/C21H26N6O2.C2HF3O2/c1-13(2)26-18-9-14(3-4-17(18)24-21(26)29)20(28)25-7-5-16(6-8-25)27-19-12-22-10-15(19)11-23-27;3-2(4,5)1(6)7/h3-4,9,11,13,16,22H,5-8,10,12H2,1-2H3,(H,24,29);(H,6,7). The first-order valence-electron chi connectivity index (χ1n) is 11.6. The summed E-state index contributed by atoms with van der Waals surface area (Å²) in [6, 6.07) is 5.86. The van der Waals surface area contributed by atoms with Crippen molar-refractivity contribution in [1.82, 2.24) is 29.5 Å². The SMILES string of the molecule is CC(C)n1c(=O)[nH]c2ccc(C(=O)N3CCC(n4ncc5c4CNC5)CC3)cc21.O=C(O)C(F)(F)F. The number of alkyl halides is 3. The Balaban J connectivity index is 0.000000384. The van der Waals surface area contributed by atoms with E-state index in [2.05, 4.69) is 20.1 Å². The van der Waals surface area contributed by atoms with Crippen molar-refractivity contribution in [3.63, 3.8) is 0 Å². The molecule has 1 saturated heterocycles. The lowest BCUT2D eigenvalue weighted by Crippen LogP contribution is -2.39. The molecule has 0 radical (unpaired) electrons. The third kappa shape index (κ3) is 5.01. The molecule has 1 aromatic carbocycles. The Morgan fingerprint density at radius 3 is 2.44 bits per heavy atom. The van der Waals surface area contributed by atoms with Crippen molar-refractivity contribution in [2.45, 2.75) is 58.0 Å². The number of nitrogens with one attached hydrogen (secondary N) is 2. The van der Waals surface area contributed by atoms with Gasteiger partial charge in [0.05, 0.1) is 29.0 Å². The van der Waals surface area contributed by atoms with E-state index in [1.54, 1.807) is 4.57 Å². The molecule has 1 amide bonds. The van der Waals surface area contributed by atoms with Crippen molar-refractivity contribution < 1.29 is 27.9 Å². The summed E-state index contributed by atoms with van der Waals surface area (Å²) < 4.78 is 35.6. The van der Waals surface area contributed by atoms with Gasteiger partial charge in [-0.2, -0.15) is 18.3 Å². The highest BCUT2D eigenvalue weighted by atomic mass is 19.4. The first-order chi connectivity index (χ1) is 17.0. The number of benzene rings is 1. The number of carboxylic acid groups (broad SMARTS) is 1. The highest BCUT2D eigenvalue weighted by Gasteiger charge is 2.38. The van der Waals surface area contributed by atoms with E-state index in [1.165, 1.54) is 11.3 Å². The maximum Gasteiger partial charge on any atom is 0.490 e. The van der Waals surface area contributed by atoms with Gasteiger partial charge in [0.2, 0.25) is 0 Å². The van der Waals surface area contributed by atoms with E-state index in [9.17, 15) is 22.8 Å². The number of fused-ring (bicyclic) bond motifs is 2. The average molecular weight is 509 g/mol. The summed E-state index contributed by atoms with van der Waals surface area (Å²) in [5, 5.41) is 15.1. The Hall–Kier alpha value is -3.61. The molecule has 0 saturated carbocycles. The number of nitrogens with zero attached hydrogens (tertiary/aromatic N) is 4. The zero-order chi connectivity index (χ0) is 26.2. The van der Waals surface area contributed by atoms with Crippen LogP contribution in [0.5, 0.6) is 0 Å². The summed E-state index contributed by atoms with van der Waals surface area (Å²) in [4.78, 5) is 39.0. The topological polar surface area (TPSA) is 125 Å². The molecule has 0 spiro atoms. The van der Waals surface area contributed by atoms with Crippen LogP contribution in [0.1, 0.15) is 60.4 Å². The van der Waals surface area contributed by atoms with Crippen LogP contribution in [0.2, 0.25) is 0 Å². The van der Waals surface area contributed by atoms with Crippen LogP contribution in [0.15, 0.2) is 29.2 Å². The summed E-state index contributed by atoms with van der Waals surface area (Å²) in [5.74, 6) is -2.73. The lowest BCUT2D eigenvalue weighted by Gasteiger charge is -2.32. The Morgan fingerprint density at radius 1 is 1.17 bits per heavy atom. The molecule has 10 nitrogen and oxygen atoms in total. The van der Waals surface area contributed by atoms with E-state index < -0.39 is 12.1 Å². The number of carbonyl (C=O) groups excluding carboxylic acids is 1. The fourth-order valence-electron chi connectivity index (χ4n) is 4.66. The van der Waals surface area contributed by atoms with Crippen LogP contribution >= 0.6 is 0 Å². The minimum Gasteiger partial charge on any atom is -0.475 e. The smallest absolute Gasteiger partial charge is 0.475 e. The van der Waals surface area contributed by atoms with E-state index in [-0.39, 0.29) is 17.6 Å². The van der Waals surface area contributed by atoms with Crippen LogP contribution in [-0.2, 0) is 17.9 Å². The second-order valence-electron chi connectivity index (χ2n) is 9.12. The van der Waals surface area contributed by atoms with Gasteiger partial charge in [0.1, 0.15) is 0 Å². The van der Waals surface area contributed by atoms with Gasteiger partial charge in [-0.15, -0.1) is 0 Å². The van der Waals surface area contributed by atoms with Gasteiger partial charge in [0.25, 0.3) is 5.91 Å². The maximum absolute atomic E-state index is 13.1. The van der Waals surface area contributed by atoms with E-state index >= 15 is 0 Å². The fraction of sp³-hybridized carbons (Fsp3) is 0.478. The molecule has 0 bridgehead atoms. The van der Waals surface area contributed by atoms with Gasteiger partial charge < -0.3 is 20.3 Å². The van der Waals surface area contributed by atoms with Gasteiger partial charge in [-0.1, -0.05) is 0 Å². The summed E-state index contributed by atoms with van der Waals surface area (Å²) in [7, 11) is 0. The number of carboxylic acids is 1. The van der Waals surface area contributed by atoms with Crippen LogP contribution in [-0.4, -0.2) is 60.5 Å². The number of amides is 1. The number of likely N-dealkylation sites (tertiary alicyclic amines) is 1. The van der Waals surface area contributed by atoms with Crippen molar-refractivity contribution in [2.75, 3.05) is 13.1 Å². The largest absolute Gasteiger partial charge is 0.490 e. The number of imidazole rings is 1. The molecule has 0 atom stereocenters. The predicted molar refractivity (Wildman–Crippen MR) is 124 cm³/mol. The molecule has 4 heterocycles. The molecule has 0 unspecified atom stereocenters. The van der Waals surface area contributed by atoms with Crippen molar-refractivity contribution in [2.24, 2.45) is 0 Å². The number of hydrogen-bond acceptors (Lipinski definition) is 5. The van der Waals surface area contributed by atoms with Crippen LogP contribution in [0.25, 0.3) is 11.0 Å². The van der Waals surface area contributed by atoms with Gasteiger partial charge in [0, 0.05) is 43.3 Å². The summed E-state index contributed by atoms with van der Waals surface area (Å²) in [5.41, 5.74) is 4.62. The van der Waals surface area contributed by atoms with Crippen molar-refractivity contribution in [3.8, 4) is 0 Å². The van der Waals surface area contributed by atoms with Crippen LogP contribution < -0.4 is 11.0 Å². The Morgan fingerprint density at radius 2 is 1.83 bits per heavy atom. The predicted octanol–water partition coefficient (Wildman–Crippen LogP) is 2.82. The van der Waals surface area contributed by atoms with E-state index in [0.717, 1.165) is 37.0 Å². The molecular formula is C23H27F3N6O4. The molecular weight excluding hydrogens is 481 g/mol. The summed E-state index contributed by atoms with van der Waals surface area (Å²) in [6.07, 6.45) is -1.31. The lowest BCUT2D eigenvalue weighted by atomic mass is 10.0. The second kappa shape index (κ2) is 9.80. The summed E-state index contributed by atoms with van der Waals surface area (Å²) in [6.45, 7) is 7.14. The summed E-state index contributed by atoms with van der Waals surface area (Å²) >= 11 is 0. The number of aromatic amines is 1. The number of carbonyl (C=O) groups is 2. The zero-order valence-electron chi connectivity index (χ0n) is 19.8. The normalized spacial score (nSPS) is 16.2. The number of aromatic nitrogens is 4. The Labute approximate surface area is 203 Å². The first-order valence-corrected chi connectivity index (χ1v) is 11.6. The van der Waals surface area contributed by atoms with Gasteiger partial charge in [-0.25, -0.2) is 9.59 Å². The molecule has 5 rings (SSSR count). The molecule has 194 valence electrons. The van der Waals surface area contributed by atoms with E-state index in [1.807, 2.05) is 43.1 Å². The molecule has 36 heavy (non-hydrogen) atoms. The Kier molecular flexibility index (Phi) is 6.94. The molecule has 3 N–H and O–H groups in total. The molecule has 0 aliphatic carbocycles. The fourth-order valence-corrected chi connectivity index (χ4v) is 4.66. The zero-order valence-corrected chi connectivity index (χ0v) is 19.8. The maximum atomic E-state index is 13.1. The Bertz CT molecular complexity index is 1330. The quantitative estimate of drug-likeness (QED) is 0.500. The van der Waals surface area contributed by atoms with Gasteiger partial charge >= 0.3 is 17.8 Å². The number of H-pyrrole nitrogens is 1. The lowest BCUT2D eigenvalue weighted by molar-refractivity contribution is -0.192. The number of aliphatic carboxylic acids is 1. The third-order valence-electron chi connectivity index (χ3n) is 6.41. The van der Waals surface area contributed by atoms with Crippen molar-refractivity contribution in [1.29, 1.82) is 0 Å². The van der Waals surface area contributed by atoms with Crippen molar-refractivity contribution >= 4 is 22.9 Å². The molecule has 2 aromatic heterocycles. The number of halogens is 3. The van der Waals surface area contributed by atoms with Crippen LogP contribution in [0.3, 0.4) is 0 Å². The second-order valence-corrected chi connectivity index (χ2v) is 9.12. The average Bonchev–Trinajstić information content (AvgIpc) is 3.51. The minimum absolute atomic E-state index is 0.0293. The van der Waals surface area contributed by atoms with Crippen molar-refractivity contribution in [3.05, 3.63) is 51.7 Å². The minimum atomic E-state index is -5.08. The van der Waals surface area contributed by atoms with Crippen LogP contribution in [0, 0.1) is 0 Å². The molecule has 13 heteroatoms. The highest BCUT2D eigenvalue weighted by Crippen LogP contribution is 2.28. The first kappa shape index (κ1) is 25.5. The van der Waals surface area contributed by atoms with Gasteiger partial charge in [-0.05, 0) is 44.9 Å².